The summed E-state index contributed by atoms with van der Waals surface area (Å²) in [5, 5.41) is 5.78. The third-order valence-corrected chi connectivity index (χ3v) is 5.71. The molecule has 2 aromatic rings. The number of benzene rings is 2. The Morgan fingerprint density at radius 3 is 2.35 bits per heavy atom. The van der Waals surface area contributed by atoms with Crippen molar-refractivity contribution in [3.8, 4) is 5.75 Å². The maximum absolute atomic E-state index is 13.3. The van der Waals surface area contributed by atoms with E-state index in [1.807, 2.05) is 44.2 Å². The lowest BCUT2D eigenvalue weighted by atomic mass is 9.87. The molecule has 0 unspecified atom stereocenters. The van der Waals surface area contributed by atoms with Gasteiger partial charge in [0.15, 0.2) is 0 Å². The molecule has 164 valence electrons. The van der Waals surface area contributed by atoms with Crippen molar-refractivity contribution < 1.29 is 19.1 Å². The van der Waals surface area contributed by atoms with Crippen molar-refractivity contribution in [2.45, 2.75) is 44.7 Å². The maximum Gasteiger partial charge on any atom is 0.325 e. The van der Waals surface area contributed by atoms with Gasteiger partial charge in [-0.3, -0.25) is 14.5 Å². The molecule has 1 aliphatic heterocycles. The van der Waals surface area contributed by atoms with Crippen LogP contribution >= 0.6 is 0 Å². The molecule has 1 heterocycles. The molecular weight excluding hydrogens is 394 g/mol. The Bertz CT molecular complexity index is 930. The molecule has 2 aromatic carbocycles. The fourth-order valence-electron chi connectivity index (χ4n) is 3.96. The van der Waals surface area contributed by atoms with E-state index in [-0.39, 0.29) is 18.5 Å². The van der Waals surface area contributed by atoms with E-state index in [1.54, 1.807) is 31.4 Å². The quantitative estimate of drug-likeness (QED) is 0.604. The zero-order chi connectivity index (χ0) is 22.4. The van der Waals surface area contributed by atoms with Crippen molar-refractivity contribution in [3.05, 3.63) is 65.7 Å². The van der Waals surface area contributed by atoms with E-state index in [2.05, 4.69) is 10.6 Å². The smallest absolute Gasteiger partial charge is 0.325 e. The van der Waals surface area contributed by atoms with Gasteiger partial charge in [-0.1, -0.05) is 62.7 Å². The molecule has 0 saturated carbocycles. The average Bonchev–Trinajstić information content (AvgIpc) is 3.04. The number of carbonyl (C=O) groups is 3. The van der Waals surface area contributed by atoms with Gasteiger partial charge in [-0.25, -0.2) is 4.79 Å². The Morgan fingerprint density at radius 1 is 1.10 bits per heavy atom. The first-order valence-electron chi connectivity index (χ1n) is 10.6. The molecular formula is C24H29N3O4. The zero-order valence-corrected chi connectivity index (χ0v) is 18.2. The fraction of sp³-hybridized carbons (Fsp3) is 0.375. The molecule has 7 heteroatoms. The third-order valence-electron chi connectivity index (χ3n) is 5.71. The van der Waals surface area contributed by atoms with Gasteiger partial charge in [0.2, 0.25) is 5.91 Å². The topological polar surface area (TPSA) is 87.7 Å². The van der Waals surface area contributed by atoms with Crippen LogP contribution in [0, 0.1) is 0 Å². The van der Waals surface area contributed by atoms with Crippen molar-refractivity contribution in [2.75, 3.05) is 13.7 Å². The van der Waals surface area contributed by atoms with E-state index in [0.29, 0.717) is 17.7 Å². The molecule has 0 spiro atoms. The molecule has 2 atom stereocenters. The molecule has 7 nitrogen and oxygen atoms in total. The number of rotatable bonds is 9. The van der Waals surface area contributed by atoms with Gasteiger partial charge in [0.25, 0.3) is 5.91 Å². The predicted molar refractivity (Wildman–Crippen MR) is 117 cm³/mol. The van der Waals surface area contributed by atoms with E-state index in [4.69, 9.17) is 4.74 Å². The van der Waals surface area contributed by atoms with Crippen LogP contribution in [0.3, 0.4) is 0 Å². The highest BCUT2D eigenvalue weighted by Gasteiger charge is 2.51. The number of hydrogen-bond donors (Lipinski definition) is 2. The van der Waals surface area contributed by atoms with Crippen LogP contribution in [0.4, 0.5) is 4.79 Å². The lowest BCUT2D eigenvalue weighted by Gasteiger charge is -2.26. The summed E-state index contributed by atoms with van der Waals surface area (Å²) in [5.74, 6) is -0.134. The van der Waals surface area contributed by atoms with E-state index in [9.17, 15) is 14.4 Å². The zero-order valence-electron chi connectivity index (χ0n) is 18.2. The van der Waals surface area contributed by atoms with Crippen LogP contribution in [0.1, 0.15) is 50.3 Å². The summed E-state index contributed by atoms with van der Waals surface area (Å²) in [6.07, 6.45) is 2.02. The lowest BCUT2D eigenvalue weighted by Crippen LogP contribution is -2.45. The molecule has 2 N–H and O–H groups in total. The minimum absolute atomic E-state index is 0.169. The number of methoxy groups -OCH3 is 1. The van der Waals surface area contributed by atoms with Crippen molar-refractivity contribution >= 4 is 17.8 Å². The van der Waals surface area contributed by atoms with Crippen LogP contribution in [-0.4, -0.2) is 36.4 Å². The second-order valence-corrected chi connectivity index (χ2v) is 7.63. The van der Waals surface area contributed by atoms with Crippen LogP contribution in [-0.2, 0) is 15.1 Å². The number of hydrogen-bond acceptors (Lipinski definition) is 4. The van der Waals surface area contributed by atoms with E-state index in [0.717, 1.165) is 23.3 Å². The lowest BCUT2D eigenvalue weighted by molar-refractivity contribution is -0.135. The van der Waals surface area contributed by atoms with Gasteiger partial charge in [0.1, 0.15) is 17.8 Å². The van der Waals surface area contributed by atoms with E-state index < -0.39 is 17.5 Å². The Hall–Kier alpha value is -3.35. The summed E-state index contributed by atoms with van der Waals surface area (Å²) in [6, 6.07) is 16.0. The Labute approximate surface area is 182 Å². The van der Waals surface area contributed by atoms with Crippen molar-refractivity contribution in [3.63, 3.8) is 0 Å². The number of amides is 4. The first-order valence-corrected chi connectivity index (χ1v) is 10.6. The van der Waals surface area contributed by atoms with Gasteiger partial charge < -0.3 is 15.4 Å². The Morgan fingerprint density at radius 2 is 1.77 bits per heavy atom. The molecule has 31 heavy (non-hydrogen) atoms. The van der Waals surface area contributed by atoms with Crippen molar-refractivity contribution in [1.82, 2.24) is 15.5 Å². The Balaban J connectivity index is 1.76. The minimum atomic E-state index is -1.19. The van der Waals surface area contributed by atoms with E-state index >= 15 is 0 Å². The SMILES string of the molecule is CCC[C@H](NC(=O)CN1C(=O)N[C@](CC)(c2ccc(OC)cc2)C1=O)c1ccccc1. The number of urea groups is 1. The second kappa shape index (κ2) is 9.64. The van der Waals surface area contributed by atoms with Gasteiger partial charge in [-0.2, -0.15) is 0 Å². The van der Waals surface area contributed by atoms with Crippen LogP contribution < -0.4 is 15.4 Å². The summed E-state index contributed by atoms with van der Waals surface area (Å²) < 4.78 is 5.18. The summed E-state index contributed by atoms with van der Waals surface area (Å²) in [7, 11) is 1.56. The van der Waals surface area contributed by atoms with Gasteiger partial charge >= 0.3 is 6.03 Å². The number of nitrogens with zero attached hydrogens (tertiary/aromatic N) is 1. The van der Waals surface area contributed by atoms with Crippen LogP contribution in [0.5, 0.6) is 5.75 Å². The van der Waals surface area contributed by atoms with Crippen molar-refractivity contribution in [1.29, 1.82) is 0 Å². The number of ether oxygens (including phenoxy) is 1. The largest absolute Gasteiger partial charge is 0.497 e. The second-order valence-electron chi connectivity index (χ2n) is 7.63. The van der Waals surface area contributed by atoms with Crippen LogP contribution in [0.25, 0.3) is 0 Å². The predicted octanol–water partition coefficient (Wildman–Crippen LogP) is 3.51. The minimum Gasteiger partial charge on any atom is -0.497 e. The molecule has 0 bridgehead atoms. The van der Waals surface area contributed by atoms with Gasteiger partial charge in [-0.15, -0.1) is 0 Å². The van der Waals surface area contributed by atoms with E-state index in [1.165, 1.54) is 0 Å². The van der Waals surface area contributed by atoms with Crippen LogP contribution in [0.15, 0.2) is 54.6 Å². The standard InChI is InChI=1S/C24H29N3O4/c1-4-9-20(17-10-7-6-8-11-17)25-21(28)16-27-22(29)24(5-2,26-23(27)30)18-12-14-19(31-3)15-13-18/h6-8,10-15,20H,4-5,9,16H2,1-3H3,(H,25,28)(H,26,30)/t20-,24+/m0/s1. The van der Waals surface area contributed by atoms with Gasteiger partial charge in [-0.05, 0) is 36.1 Å². The van der Waals surface area contributed by atoms with Gasteiger partial charge in [0.05, 0.1) is 13.2 Å². The summed E-state index contributed by atoms with van der Waals surface area (Å²) >= 11 is 0. The first kappa shape index (κ1) is 22.3. The third kappa shape index (κ3) is 4.55. The molecule has 4 amide bonds. The normalized spacial score (nSPS) is 19.1. The summed E-state index contributed by atoms with van der Waals surface area (Å²) in [6.45, 7) is 3.55. The number of carbonyl (C=O) groups excluding carboxylic acids is 3. The highest BCUT2D eigenvalue weighted by atomic mass is 16.5. The maximum atomic E-state index is 13.3. The average molecular weight is 424 g/mol. The summed E-state index contributed by atoms with van der Waals surface area (Å²) in [5.41, 5.74) is 0.465. The molecule has 0 aromatic heterocycles. The molecule has 1 aliphatic rings. The van der Waals surface area contributed by atoms with Gasteiger partial charge in [0, 0.05) is 0 Å². The highest BCUT2D eigenvalue weighted by Crippen LogP contribution is 2.33. The first-order chi connectivity index (χ1) is 14.9. The molecule has 1 saturated heterocycles. The molecule has 0 aliphatic carbocycles. The highest BCUT2D eigenvalue weighted by molar-refractivity contribution is 6.09. The van der Waals surface area contributed by atoms with Crippen LogP contribution in [0.2, 0.25) is 0 Å². The number of nitrogens with one attached hydrogen (secondary N) is 2. The Kier molecular flexibility index (Phi) is 6.95. The van der Waals surface area contributed by atoms with Crippen molar-refractivity contribution in [2.24, 2.45) is 0 Å². The summed E-state index contributed by atoms with van der Waals surface area (Å²) in [4.78, 5) is 39.7. The monoisotopic (exact) mass is 423 g/mol. The molecule has 1 fully saturated rings. The number of imide groups is 1. The molecule has 0 radical (unpaired) electrons. The molecule has 3 rings (SSSR count). The fourth-order valence-corrected chi connectivity index (χ4v) is 3.96.